The first kappa shape index (κ1) is 24.1. The van der Waals surface area contributed by atoms with Crippen molar-refractivity contribution in [2.75, 3.05) is 38.2 Å². The summed E-state index contributed by atoms with van der Waals surface area (Å²) in [5, 5.41) is 2.86. The Labute approximate surface area is 184 Å². The molecule has 0 aromatic heterocycles. The smallest absolute Gasteiger partial charge is 0.255 e. The Bertz CT molecular complexity index is 866. The van der Waals surface area contributed by atoms with Gasteiger partial charge in [-0.05, 0) is 65.0 Å². The Morgan fingerprint density at radius 2 is 1.39 bits per heavy atom. The predicted molar refractivity (Wildman–Crippen MR) is 122 cm³/mol. The highest BCUT2D eigenvalue weighted by Crippen LogP contribution is 2.39. The molecule has 0 aliphatic carbocycles. The third-order valence-electron chi connectivity index (χ3n) is 4.59. The number of benzene rings is 2. The number of carbonyl (C=O) groups excluding carboxylic acids is 2. The number of rotatable bonds is 11. The molecule has 0 fully saturated rings. The number of hydrogen-bond acceptors (Lipinski definition) is 5. The Kier molecular flexibility index (Phi) is 9.18. The van der Waals surface area contributed by atoms with Gasteiger partial charge < -0.3 is 24.4 Å². The van der Waals surface area contributed by atoms with E-state index in [1.54, 1.807) is 41.3 Å². The molecule has 0 aliphatic rings. The maximum absolute atomic E-state index is 13.0. The number of nitrogens with zero attached hydrogens (tertiary/aromatic N) is 1. The first-order valence-corrected chi connectivity index (χ1v) is 10.8. The third-order valence-corrected chi connectivity index (χ3v) is 4.59. The predicted octanol–water partition coefficient (Wildman–Crippen LogP) is 4.62. The molecule has 7 heteroatoms. The molecular formula is C24H32N2O5. The first-order valence-electron chi connectivity index (χ1n) is 10.8. The molecule has 0 unspecified atom stereocenters. The minimum atomic E-state index is -0.336. The fourth-order valence-corrected chi connectivity index (χ4v) is 3.15. The maximum Gasteiger partial charge on any atom is 0.255 e. The summed E-state index contributed by atoms with van der Waals surface area (Å²) in [5.74, 6) is 0.975. The quantitative estimate of drug-likeness (QED) is 0.565. The van der Waals surface area contributed by atoms with Gasteiger partial charge in [-0.1, -0.05) is 6.07 Å². The third kappa shape index (κ3) is 6.13. The van der Waals surface area contributed by atoms with E-state index in [2.05, 4.69) is 5.32 Å². The Morgan fingerprint density at radius 3 is 1.90 bits per heavy atom. The van der Waals surface area contributed by atoms with Crippen molar-refractivity contribution in [3.8, 4) is 17.2 Å². The maximum atomic E-state index is 13.0. The van der Waals surface area contributed by atoms with Crippen LogP contribution >= 0.6 is 0 Å². The molecule has 2 rings (SSSR count). The van der Waals surface area contributed by atoms with Gasteiger partial charge in [-0.25, -0.2) is 0 Å². The highest BCUT2D eigenvalue weighted by molar-refractivity contribution is 6.06. The monoisotopic (exact) mass is 428 g/mol. The zero-order chi connectivity index (χ0) is 22.8. The molecule has 0 saturated heterocycles. The second kappa shape index (κ2) is 11.8. The van der Waals surface area contributed by atoms with Crippen LogP contribution in [0.3, 0.4) is 0 Å². The van der Waals surface area contributed by atoms with Crippen LogP contribution in [0, 0.1) is 0 Å². The van der Waals surface area contributed by atoms with E-state index in [1.165, 1.54) is 0 Å². The lowest BCUT2D eigenvalue weighted by molar-refractivity contribution is 0.0772. The molecule has 2 aromatic carbocycles. The summed E-state index contributed by atoms with van der Waals surface area (Å²) in [6.45, 7) is 12.0. The van der Waals surface area contributed by atoms with Crippen LogP contribution in [0.5, 0.6) is 17.2 Å². The first-order chi connectivity index (χ1) is 15.0. The van der Waals surface area contributed by atoms with E-state index in [9.17, 15) is 9.59 Å². The standard InChI is InChI=1S/C24H32N2O5/c1-6-26(7-2)24(28)17-12-11-13-19(14-17)25-23(27)18-15-20(29-8-3)22(31-10-5)21(16-18)30-9-4/h11-16H,6-10H2,1-5H3,(H,25,27). The normalized spacial score (nSPS) is 10.4. The van der Waals surface area contributed by atoms with Gasteiger partial charge in [0.05, 0.1) is 19.8 Å². The van der Waals surface area contributed by atoms with Crippen LogP contribution < -0.4 is 19.5 Å². The fourth-order valence-electron chi connectivity index (χ4n) is 3.15. The lowest BCUT2D eigenvalue weighted by Crippen LogP contribution is -2.30. The molecule has 2 aromatic rings. The largest absolute Gasteiger partial charge is 0.490 e. The van der Waals surface area contributed by atoms with Crippen LogP contribution in [0.15, 0.2) is 36.4 Å². The van der Waals surface area contributed by atoms with Crippen molar-refractivity contribution in [1.29, 1.82) is 0 Å². The molecule has 0 heterocycles. The second-order valence-corrected chi connectivity index (χ2v) is 6.61. The van der Waals surface area contributed by atoms with Gasteiger partial charge in [-0.2, -0.15) is 0 Å². The molecule has 0 bridgehead atoms. The van der Waals surface area contributed by atoms with Crippen LogP contribution in [0.1, 0.15) is 55.3 Å². The number of anilines is 1. The van der Waals surface area contributed by atoms with E-state index < -0.39 is 0 Å². The molecule has 0 spiro atoms. The van der Waals surface area contributed by atoms with Crippen LogP contribution in [-0.4, -0.2) is 49.6 Å². The lowest BCUT2D eigenvalue weighted by atomic mass is 10.1. The number of amides is 2. The number of hydrogen-bond donors (Lipinski definition) is 1. The average molecular weight is 429 g/mol. The Morgan fingerprint density at radius 1 is 0.806 bits per heavy atom. The summed E-state index contributed by atoms with van der Waals surface area (Å²) < 4.78 is 17.1. The molecule has 7 nitrogen and oxygen atoms in total. The number of carbonyl (C=O) groups is 2. The van der Waals surface area contributed by atoms with E-state index in [0.29, 0.717) is 67.0 Å². The number of ether oxygens (including phenoxy) is 3. The summed E-state index contributed by atoms with van der Waals surface area (Å²) >= 11 is 0. The molecule has 1 N–H and O–H groups in total. The van der Waals surface area contributed by atoms with E-state index in [1.807, 2.05) is 34.6 Å². The van der Waals surface area contributed by atoms with Crippen LogP contribution in [0.2, 0.25) is 0 Å². The fraction of sp³-hybridized carbons (Fsp3) is 0.417. The van der Waals surface area contributed by atoms with Crippen LogP contribution in [-0.2, 0) is 0 Å². The topological polar surface area (TPSA) is 77.1 Å². The zero-order valence-corrected chi connectivity index (χ0v) is 19.0. The van der Waals surface area contributed by atoms with Crippen LogP contribution in [0.25, 0.3) is 0 Å². The minimum Gasteiger partial charge on any atom is -0.490 e. The highest BCUT2D eigenvalue weighted by Gasteiger charge is 2.19. The van der Waals surface area contributed by atoms with Crippen molar-refractivity contribution in [3.05, 3.63) is 47.5 Å². The van der Waals surface area contributed by atoms with Gasteiger partial charge in [0.2, 0.25) is 5.75 Å². The summed E-state index contributed by atoms with van der Waals surface area (Å²) in [7, 11) is 0. The van der Waals surface area contributed by atoms with Crippen LogP contribution in [0.4, 0.5) is 5.69 Å². The Hall–Kier alpha value is -3.22. The van der Waals surface area contributed by atoms with E-state index in [0.717, 1.165) is 0 Å². The second-order valence-electron chi connectivity index (χ2n) is 6.61. The molecule has 2 amide bonds. The lowest BCUT2D eigenvalue weighted by Gasteiger charge is -2.19. The van der Waals surface area contributed by atoms with E-state index >= 15 is 0 Å². The van der Waals surface area contributed by atoms with Crippen molar-refractivity contribution < 1.29 is 23.8 Å². The molecule has 0 atom stereocenters. The summed E-state index contributed by atoms with van der Waals surface area (Å²) in [5.41, 5.74) is 1.43. The molecule has 31 heavy (non-hydrogen) atoms. The highest BCUT2D eigenvalue weighted by atomic mass is 16.5. The minimum absolute atomic E-state index is 0.0700. The summed E-state index contributed by atoms with van der Waals surface area (Å²) in [4.78, 5) is 27.3. The van der Waals surface area contributed by atoms with E-state index in [-0.39, 0.29) is 11.8 Å². The summed E-state index contributed by atoms with van der Waals surface area (Å²) in [6, 6.07) is 10.2. The van der Waals surface area contributed by atoms with Crippen molar-refractivity contribution in [1.82, 2.24) is 4.90 Å². The van der Waals surface area contributed by atoms with Crippen molar-refractivity contribution in [2.24, 2.45) is 0 Å². The Balaban J connectivity index is 2.33. The SMILES string of the molecule is CCOc1cc(C(=O)Nc2cccc(C(=O)N(CC)CC)c2)cc(OCC)c1OCC. The van der Waals surface area contributed by atoms with Gasteiger partial charge in [0.25, 0.3) is 11.8 Å². The van der Waals surface area contributed by atoms with E-state index in [4.69, 9.17) is 14.2 Å². The van der Waals surface area contributed by atoms with Crippen molar-refractivity contribution in [3.63, 3.8) is 0 Å². The summed E-state index contributed by atoms with van der Waals surface area (Å²) in [6.07, 6.45) is 0. The van der Waals surface area contributed by atoms with Gasteiger partial charge in [0.15, 0.2) is 11.5 Å². The molecule has 168 valence electrons. The molecule has 0 saturated carbocycles. The molecular weight excluding hydrogens is 396 g/mol. The van der Waals surface area contributed by atoms with Gasteiger partial charge >= 0.3 is 0 Å². The van der Waals surface area contributed by atoms with Gasteiger partial charge in [-0.3, -0.25) is 9.59 Å². The number of nitrogens with one attached hydrogen (secondary N) is 1. The average Bonchev–Trinajstić information content (AvgIpc) is 2.77. The zero-order valence-electron chi connectivity index (χ0n) is 19.0. The van der Waals surface area contributed by atoms with Gasteiger partial charge in [0, 0.05) is 29.9 Å². The molecule has 0 aliphatic heterocycles. The van der Waals surface area contributed by atoms with Gasteiger partial charge in [0.1, 0.15) is 0 Å². The van der Waals surface area contributed by atoms with Gasteiger partial charge in [-0.15, -0.1) is 0 Å². The van der Waals surface area contributed by atoms with Crippen molar-refractivity contribution >= 4 is 17.5 Å². The van der Waals surface area contributed by atoms with Crippen molar-refractivity contribution in [2.45, 2.75) is 34.6 Å². The molecule has 0 radical (unpaired) electrons.